The van der Waals surface area contributed by atoms with Crippen molar-refractivity contribution < 1.29 is 0 Å². The standard InChI is InChI=1S/C10H10N4O.ClH/c1-3-8-6(2)13-9-7(4-11)5-12-14(9)10(8)15;/h5,12H,3H2,1-2H3;1H. The minimum Gasteiger partial charge on any atom is -0.295 e. The van der Waals surface area contributed by atoms with E-state index in [2.05, 4.69) is 10.1 Å². The maximum Gasteiger partial charge on any atom is 0.276 e. The van der Waals surface area contributed by atoms with E-state index in [4.69, 9.17) is 5.26 Å². The molecule has 0 fully saturated rings. The Kier molecular flexibility index (Phi) is 3.35. The summed E-state index contributed by atoms with van der Waals surface area (Å²) in [6.07, 6.45) is 2.13. The molecule has 2 aromatic heterocycles. The fourth-order valence-corrected chi connectivity index (χ4v) is 1.65. The molecule has 0 amide bonds. The van der Waals surface area contributed by atoms with Gasteiger partial charge in [-0.05, 0) is 13.3 Å². The third-order valence-corrected chi connectivity index (χ3v) is 2.44. The summed E-state index contributed by atoms with van der Waals surface area (Å²) < 4.78 is 1.31. The number of hydrogen-bond acceptors (Lipinski definition) is 3. The van der Waals surface area contributed by atoms with Gasteiger partial charge in [0.2, 0.25) is 0 Å². The zero-order chi connectivity index (χ0) is 11.0. The number of hydrogen-bond donors (Lipinski definition) is 1. The molecule has 0 bridgehead atoms. The van der Waals surface area contributed by atoms with Gasteiger partial charge in [-0.25, -0.2) is 9.50 Å². The molecule has 0 aliphatic heterocycles. The first-order chi connectivity index (χ1) is 7.19. The first kappa shape index (κ1) is 12.3. The van der Waals surface area contributed by atoms with Crippen LogP contribution in [0, 0.1) is 18.3 Å². The molecule has 84 valence electrons. The molecule has 0 saturated heterocycles. The van der Waals surface area contributed by atoms with E-state index < -0.39 is 0 Å². The maximum atomic E-state index is 11.9. The summed E-state index contributed by atoms with van der Waals surface area (Å²) in [4.78, 5) is 16.1. The van der Waals surface area contributed by atoms with E-state index in [1.54, 1.807) is 6.92 Å². The normalized spacial score (nSPS) is 9.81. The van der Waals surface area contributed by atoms with Crippen molar-refractivity contribution in [1.29, 1.82) is 5.26 Å². The Labute approximate surface area is 98.1 Å². The molecule has 16 heavy (non-hydrogen) atoms. The smallest absolute Gasteiger partial charge is 0.276 e. The van der Waals surface area contributed by atoms with Gasteiger partial charge < -0.3 is 0 Å². The maximum absolute atomic E-state index is 11.9. The van der Waals surface area contributed by atoms with Gasteiger partial charge in [0.1, 0.15) is 11.6 Å². The Bertz CT molecular complexity index is 620. The number of aromatic amines is 1. The molecule has 5 nitrogen and oxygen atoms in total. The third-order valence-electron chi connectivity index (χ3n) is 2.44. The van der Waals surface area contributed by atoms with Crippen molar-refractivity contribution in [3.63, 3.8) is 0 Å². The number of nitriles is 1. The molecule has 0 aliphatic rings. The molecule has 0 saturated carbocycles. The molecule has 0 unspecified atom stereocenters. The van der Waals surface area contributed by atoms with E-state index in [9.17, 15) is 4.79 Å². The van der Waals surface area contributed by atoms with Crippen LogP contribution in [0.25, 0.3) is 5.65 Å². The van der Waals surface area contributed by atoms with Crippen molar-refractivity contribution in [3.8, 4) is 6.07 Å². The van der Waals surface area contributed by atoms with E-state index in [-0.39, 0.29) is 18.0 Å². The summed E-state index contributed by atoms with van der Waals surface area (Å²) in [7, 11) is 0. The largest absolute Gasteiger partial charge is 0.295 e. The fraction of sp³-hybridized carbons (Fsp3) is 0.300. The number of H-pyrrole nitrogens is 1. The second kappa shape index (κ2) is 4.37. The summed E-state index contributed by atoms with van der Waals surface area (Å²) in [6, 6.07) is 1.99. The minimum atomic E-state index is -0.124. The van der Waals surface area contributed by atoms with Gasteiger partial charge in [-0.15, -0.1) is 12.4 Å². The molecule has 0 atom stereocenters. The summed E-state index contributed by atoms with van der Waals surface area (Å²) in [5, 5.41) is 11.5. The average Bonchev–Trinajstić information content (AvgIpc) is 2.61. The Balaban J connectivity index is 0.00000128. The molecule has 0 radical (unpaired) electrons. The van der Waals surface area contributed by atoms with Crippen molar-refractivity contribution in [2.75, 3.05) is 0 Å². The summed E-state index contributed by atoms with van der Waals surface area (Å²) >= 11 is 0. The van der Waals surface area contributed by atoms with Crippen molar-refractivity contribution in [2.45, 2.75) is 20.3 Å². The monoisotopic (exact) mass is 238 g/mol. The lowest BCUT2D eigenvalue weighted by Crippen LogP contribution is -2.21. The first-order valence-corrected chi connectivity index (χ1v) is 4.68. The molecule has 0 spiro atoms. The third kappa shape index (κ3) is 1.57. The molecule has 0 aliphatic carbocycles. The quantitative estimate of drug-likeness (QED) is 0.811. The van der Waals surface area contributed by atoms with Gasteiger partial charge in [0, 0.05) is 17.5 Å². The highest BCUT2D eigenvalue weighted by Gasteiger charge is 2.11. The number of rotatable bonds is 1. The Morgan fingerprint density at radius 1 is 1.62 bits per heavy atom. The van der Waals surface area contributed by atoms with Crippen molar-refractivity contribution in [2.24, 2.45) is 0 Å². The second-order valence-corrected chi connectivity index (χ2v) is 3.29. The zero-order valence-electron chi connectivity index (χ0n) is 8.94. The Morgan fingerprint density at radius 3 is 2.88 bits per heavy atom. The molecule has 2 rings (SSSR count). The first-order valence-electron chi connectivity index (χ1n) is 4.68. The summed E-state index contributed by atoms with van der Waals surface area (Å²) in [5.41, 5.74) is 2.04. The molecule has 6 heteroatoms. The van der Waals surface area contributed by atoms with Crippen LogP contribution < -0.4 is 5.56 Å². The van der Waals surface area contributed by atoms with Crippen LogP contribution in [0.3, 0.4) is 0 Å². The molecular weight excluding hydrogens is 228 g/mol. The number of aryl methyl sites for hydroxylation is 1. The van der Waals surface area contributed by atoms with Gasteiger partial charge >= 0.3 is 0 Å². The SMILES string of the molecule is CCc1c(C)nc2c(C#N)c[nH]n2c1=O.Cl. The highest BCUT2D eigenvalue weighted by atomic mass is 35.5. The predicted octanol–water partition coefficient (Wildman–Crippen LogP) is 1.19. The molecule has 0 aromatic carbocycles. The van der Waals surface area contributed by atoms with Crippen LogP contribution in [-0.4, -0.2) is 14.6 Å². The van der Waals surface area contributed by atoms with Crippen molar-refractivity contribution in [3.05, 3.63) is 33.4 Å². The van der Waals surface area contributed by atoms with Crippen LogP contribution in [0.5, 0.6) is 0 Å². The number of nitrogens with zero attached hydrogens (tertiary/aromatic N) is 3. The molecule has 2 aromatic rings. The zero-order valence-corrected chi connectivity index (χ0v) is 9.76. The number of halogens is 1. The molecule has 1 N–H and O–H groups in total. The lowest BCUT2D eigenvalue weighted by Gasteiger charge is -2.01. The van der Waals surface area contributed by atoms with Crippen LogP contribution in [0.2, 0.25) is 0 Å². The average molecular weight is 239 g/mol. The molecule has 2 heterocycles. The van der Waals surface area contributed by atoms with Gasteiger partial charge in [-0.3, -0.25) is 9.89 Å². The van der Waals surface area contributed by atoms with Gasteiger partial charge in [0.15, 0.2) is 5.65 Å². The Hall–Kier alpha value is -1.80. The fourth-order valence-electron chi connectivity index (χ4n) is 1.65. The van der Waals surface area contributed by atoms with E-state index >= 15 is 0 Å². The number of fused-ring (bicyclic) bond motifs is 1. The highest BCUT2D eigenvalue weighted by molar-refractivity contribution is 5.85. The van der Waals surface area contributed by atoms with Crippen LogP contribution in [-0.2, 0) is 6.42 Å². The summed E-state index contributed by atoms with van der Waals surface area (Å²) in [6.45, 7) is 3.69. The van der Waals surface area contributed by atoms with E-state index in [0.717, 1.165) is 0 Å². The number of nitrogens with one attached hydrogen (secondary N) is 1. The minimum absolute atomic E-state index is 0. The van der Waals surface area contributed by atoms with Gasteiger partial charge in [0.25, 0.3) is 5.56 Å². The highest BCUT2D eigenvalue weighted by Crippen LogP contribution is 2.07. The van der Waals surface area contributed by atoms with Gasteiger partial charge in [-0.2, -0.15) is 5.26 Å². The van der Waals surface area contributed by atoms with E-state index in [1.165, 1.54) is 10.7 Å². The van der Waals surface area contributed by atoms with E-state index in [0.29, 0.717) is 28.9 Å². The topological polar surface area (TPSA) is 73.9 Å². The summed E-state index contributed by atoms with van der Waals surface area (Å²) in [5.74, 6) is 0. The van der Waals surface area contributed by atoms with Crippen LogP contribution in [0.4, 0.5) is 0 Å². The number of aromatic nitrogens is 3. The Morgan fingerprint density at radius 2 is 2.31 bits per heavy atom. The van der Waals surface area contributed by atoms with Crippen LogP contribution in [0.1, 0.15) is 23.7 Å². The molecular formula is C10H11ClN4O. The van der Waals surface area contributed by atoms with Crippen LogP contribution in [0.15, 0.2) is 11.0 Å². The second-order valence-electron chi connectivity index (χ2n) is 3.29. The predicted molar refractivity (Wildman–Crippen MR) is 61.9 cm³/mol. The van der Waals surface area contributed by atoms with Crippen molar-refractivity contribution in [1.82, 2.24) is 14.6 Å². The van der Waals surface area contributed by atoms with Gasteiger partial charge in [0.05, 0.1) is 0 Å². The van der Waals surface area contributed by atoms with Crippen LogP contribution >= 0.6 is 12.4 Å². The lowest BCUT2D eigenvalue weighted by atomic mass is 10.2. The van der Waals surface area contributed by atoms with Gasteiger partial charge in [-0.1, -0.05) is 6.92 Å². The van der Waals surface area contributed by atoms with E-state index in [1.807, 2.05) is 13.0 Å². The van der Waals surface area contributed by atoms with Crippen molar-refractivity contribution >= 4 is 18.1 Å². The lowest BCUT2D eigenvalue weighted by molar-refractivity contribution is 0.853.